The van der Waals surface area contributed by atoms with E-state index in [-0.39, 0.29) is 0 Å². The first kappa shape index (κ1) is 9.92. The molecule has 0 aromatic rings. The van der Waals surface area contributed by atoms with Gasteiger partial charge in [-0.3, -0.25) is 0 Å². The Kier molecular flexibility index (Phi) is 3.46. The summed E-state index contributed by atoms with van der Waals surface area (Å²) in [6.45, 7) is 4.48. The molecule has 1 fully saturated rings. The van der Waals surface area contributed by atoms with Crippen LogP contribution in [0.4, 0.5) is 0 Å². The first-order valence-electron chi connectivity index (χ1n) is 4.45. The second kappa shape index (κ2) is 4.18. The van der Waals surface area contributed by atoms with E-state index in [4.69, 9.17) is 0 Å². The normalized spacial score (nSPS) is 27.0. The van der Waals surface area contributed by atoms with Crippen molar-refractivity contribution in [1.82, 2.24) is 20.0 Å². The fraction of sp³-hybridized carbons (Fsp3) is 1.00. The van der Waals surface area contributed by atoms with Gasteiger partial charge in [0.2, 0.25) is 0 Å². The second-order valence-electron chi connectivity index (χ2n) is 3.56. The van der Waals surface area contributed by atoms with Gasteiger partial charge in [0.1, 0.15) is 0 Å². The van der Waals surface area contributed by atoms with Crippen molar-refractivity contribution in [3.63, 3.8) is 0 Å². The number of likely N-dealkylation sites (N-methyl/N-ethyl adjacent to an activating group) is 3. The standard InChI is InChI=1S/C8H20N4/c1-9-5-7-10(2)12(4)11(3)8-6-9/h5-8H2,1-4H3. The van der Waals surface area contributed by atoms with Crippen LogP contribution in [0, 0.1) is 0 Å². The van der Waals surface area contributed by atoms with Crippen molar-refractivity contribution >= 4 is 0 Å². The molecule has 0 amide bonds. The van der Waals surface area contributed by atoms with Crippen molar-refractivity contribution in [3.05, 3.63) is 0 Å². The summed E-state index contributed by atoms with van der Waals surface area (Å²) in [6.07, 6.45) is 0. The van der Waals surface area contributed by atoms with Crippen molar-refractivity contribution in [1.29, 1.82) is 0 Å². The van der Waals surface area contributed by atoms with E-state index < -0.39 is 0 Å². The molecule has 0 spiro atoms. The Morgan fingerprint density at radius 3 is 1.50 bits per heavy atom. The Balaban J connectivity index is 2.48. The molecule has 72 valence electrons. The molecular formula is C8H20N4. The smallest absolute Gasteiger partial charge is 0.0271 e. The Morgan fingerprint density at radius 2 is 1.08 bits per heavy atom. The molecule has 4 nitrogen and oxygen atoms in total. The van der Waals surface area contributed by atoms with E-state index in [2.05, 4.69) is 48.2 Å². The van der Waals surface area contributed by atoms with Gasteiger partial charge >= 0.3 is 0 Å². The van der Waals surface area contributed by atoms with E-state index in [0.29, 0.717) is 0 Å². The summed E-state index contributed by atoms with van der Waals surface area (Å²) in [6, 6.07) is 0. The van der Waals surface area contributed by atoms with Gasteiger partial charge < -0.3 is 4.90 Å². The number of hydrazine groups is 2. The molecule has 0 unspecified atom stereocenters. The van der Waals surface area contributed by atoms with E-state index in [9.17, 15) is 0 Å². The molecule has 1 aliphatic heterocycles. The average Bonchev–Trinajstić information content (AvgIpc) is 2.07. The molecule has 0 aromatic carbocycles. The summed E-state index contributed by atoms with van der Waals surface area (Å²) in [7, 11) is 8.52. The third-order valence-corrected chi connectivity index (χ3v) is 2.60. The van der Waals surface area contributed by atoms with Crippen molar-refractivity contribution in [2.45, 2.75) is 0 Å². The van der Waals surface area contributed by atoms with Crippen LogP contribution in [-0.2, 0) is 0 Å². The molecule has 0 radical (unpaired) electrons. The van der Waals surface area contributed by atoms with E-state index in [0.717, 1.165) is 26.2 Å². The Morgan fingerprint density at radius 1 is 0.667 bits per heavy atom. The van der Waals surface area contributed by atoms with Crippen LogP contribution in [0.5, 0.6) is 0 Å². The van der Waals surface area contributed by atoms with Crippen LogP contribution in [0.1, 0.15) is 0 Å². The molecule has 0 saturated carbocycles. The summed E-state index contributed by atoms with van der Waals surface area (Å²) in [5, 5.41) is 6.64. The minimum Gasteiger partial charge on any atom is -0.304 e. The molecule has 0 N–H and O–H groups in total. The lowest BCUT2D eigenvalue weighted by molar-refractivity contribution is -0.151. The Hall–Kier alpha value is -0.160. The molecule has 0 aliphatic carbocycles. The first-order chi connectivity index (χ1) is 5.61. The zero-order valence-electron chi connectivity index (χ0n) is 8.62. The maximum Gasteiger partial charge on any atom is 0.0271 e. The van der Waals surface area contributed by atoms with Gasteiger partial charge in [-0.05, 0) is 7.05 Å². The molecular weight excluding hydrogens is 152 g/mol. The number of hydrogen-bond acceptors (Lipinski definition) is 4. The molecule has 1 aliphatic rings. The highest BCUT2D eigenvalue weighted by atomic mass is 15.8. The van der Waals surface area contributed by atoms with Crippen LogP contribution in [0.15, 0.2) is 0 Å². The van der Waals surface area contributed by atoms with Gasteiger partial charge in [-0.2, -0.15) is 5.12 Å². The molecule has 0 atom stereocenters. The van der Waals surface area contributed by atoms with Crippen LogP contribution in [0.2, 0.25) is 0 Å². The van der Waals surface area contributed by atoms with E-state index in [1.807, 2.05) is 0 Å². The zero-order chi connectivity index (χ0) is 9.14. The highest BCUT2D eigenvalue weighted by Crippen LogP contribution is 2.00. The lowest BCUT2D eigenvalue weighted by Gasteiger charge is -2.39. The van der Waals surface area contributed by atoms with Crippen molar-refractivity contribution in [2.75, 3.05) is 54.4 Å². The molecule has 1 heterocycles. The SMILES string of the molecule is CN1CCN(C)N(C)N(C)CC1. The van der Waals surface area contributed by atoms with E-state index in [1.54, 1.807) is 0 Å². The zero-order valence-corrected chi connectivity index (χ0v) is 8.62. The quantitative estimate of drug-likeness (QED) is 0.491. The van der Waals surface area contributed by atoms with Crippen LogP contribution in [-0.4, -0.2) is 74.4 Å². The predicted octanol–water partition coefficient (Wildman–Crippen LogP) is -0.443. The molecule has 0 bridgehead atoms. The minimum atomic E-state index is 1.09. The van der Waals surface area contributed by atoms with Crippen LogP contribution in [0.25, 0.3) is 0 Å². The third-order valence-electron chi connectivity index (χ3n) is 2.60. The van der Waals surface area contributed by atoms with Gasteiger partial charge in [-0.1, -0.05) is 0 Å². The molecule has 1 rings (SSSR count). The molecule has 1 saturated heterocycles. The monoisotopic (exact) mass is 172 g/mol. The third kappa shape index (κ3) is 2.42. The highest BCUT2D eigenvalue weighted by Gasteiger charge is 2.15. The molecule has 12 heavy (non-hydrogen) atoms. The second-order valence-corrected chi connectivity index (χ2v) is 3.56. The highest BCUT2D eigenvalue weighted by molar-refractivity contribution is 4.60. The average molecular weight is 172 g/mol. The fourth-order valence-corrected chi connectivity index (χ4v) is 1.29. The summed E-state index contributed by atoms with van der Waals surface area (Å²) in [5.74, 6) is 0. The van der Waals surface area contributed by atoms with Crippen molar-refractivity contribution < 1.29 is 0 Å². The van der Waals surface area contributed by atoms with Gasteiger partial charge in [0.25, 0.3) is 0 Å². The Labute approximate surface area is 75.3 Å². The largest absolute Gasteiger partial charge is 0.304 e. The number of rotatable bonds is 0. The number of nitrogens with zero attached hydrogens (tertiary/aromatic N) is 4. The van der Waals surface area contributed by atoms with Gasteiger partial charge in [0.15, 0.2) is 0 Å². The Bertz CT molecular complexity index is 125. The number of hydrogen-bond donors (Lipinski definition) is 0. The maximum atomic E-state index is 2.36. The molecule has 0 aromatic heterocycles. The van der Waals surface area contributed by atoms with Crippen molar-refractivity contribution in [3.8, 4) is 0 Å². The van der Waals surface area contributed by atoms with Crippen molar-refractivity contribution in [2.24, 2.45) is 0 Å². The minimum absolute atomic E-state index is 1.09. The summed E-state index contributed by atoms with van der Waals surface area (Å²) in [5.41, 5.74) is 0. The topological polar surface area (TPSA) is 13.0 Å². The van der Waals surface area contributed by atoms with E-state index in [1.165, 1.54) is 0 Å². The summed E-state index contributed by atoms with van der Waals surface area (Å²) >= 11 is 0. The lowest BCUT2D eigenvalue weighted by atomic mass is 10.4. The van der Waals surface area contributed by atoms with Crippen LogP contribution < -0.4 is 0 Å². The van der Waals surface area contributed by atoms with Gasteiger partial charge in [0.05, 0.1) is 0 Å². The maximum absolute atomic E-state index is 2.36. The van der Waals surface area contributed by atoms with Gasteiger partial charge in [0, 0.05) is 47.3 Å². The van der Waals surface area contributed by atoms with E-state index >= 15 is 0 Å². The predicted molar refractivity (Wildman–Crippen MR) is 50.5 cm³/mol. The summed E-state index contributed by atoms with van der Waals surface area (Å²) in [4.78, 5) is 2.36. The lowest BCUT2D eigenvalue weighted by Crippen LogP contribution is -2.53. The molecule has 4 heteroatoms. The first-order valence-corrected chi connectivity index (χ1v) is 4.45. The summed E-state index contributed by atoms with van der Waals surface area (Å²) < 4.78 is 0. The van der Waals surface area contributed by atoms with Gasteiger partial charge in [-0.15, -0.1) is 0 Å². The van der Waals surface area contributed by atoms with Gasteiger partial charge in [-0.25, -0.2) is 10.0 Å². The fourth-order valence-electron chi connectivity index (χ4n) is 1.29. The van der Waals surface area contributed by atoms with Crippen LogP contribution in [0.3, 0.4) is 0 Å². The van der Waals surface area contributed by atoms with Crippen LogP contribution >= 0.6 is 0 Å².